The van der Waals surface area contributed by atoms with E-state index >= 15 is 0 Å². The maximum absolute atomic E-state index is 12.2. The van der Waals surface area contributed by atoms with E-state index in [1.807, 2.05) is 73.4 Å². The van der Waals surface area contributed by atoms with E-state index in [1.54, 1.807) is 0 Å². The van der Waals surface area contributed by atoms with Crippen LogP contribution in [0.15, 0.2) is 54.6 Å². The Bertz CT molecular complexity index is 537. The first-order valence-electron chi connectivity index (χ1n) is 6.72. The highest BCUT2D eigenvalue weighted by atomic mass is 32.2. The summed E-state index contributed by atoms with van der Waals surface area (Å²) in [5, 5.41) is 3.13. The third-order valence-corrected chi connectivity index (χ3v) is 4.05. The number of hydrogen-bond donors (Lipinski definition) is 1. The van der Waals surface area contributed by atoms with Gasteiger partial charge < -0.3 is 5.32 Å². The quantitative estimate of drug-likeness (QED) is 0.624. The van der Waals surface area contributed by atoms with Crippen LogP contribution in [0.2, 0.25) is 0 Å². The Morgan fingerprint density at radius 1 is 1.00 bits per heavy atom. The summed E-state index contributed by atoms with van der Waals surface area (Å²) in [4.78, 5) is 12.2. The first-order chi connectivity index (χ1) is 9.81. The summed E-state index contributed by atoms with van der Waals surface area (Å²) in [5.74, 6) is 2.17. The molecule has 0 fully saturated rings. The van der Waals surface area contributed by atoms with Crippen molar-refractivity contribution in [2.24, 2.45) is 0 Å². The average Bonchev–Trinajstić information content (AvgIpc) is 2.52. The maximum atomic E-state index is 12.2. The van der Waals surface area contributed by atoms with Crippen molar-refractivity contribution in [3.05, 3.63) is 71.3 Å². The Morgan fingerprint density at radius 3 is 2.30 bits per heavy atom. The van der Waals surface area contributed by atoms with Crippen molar-refractivity contribution in [2.45, 2.75) is 5.75 Å². The van der Waals surface area contributed by atoms with Gasteiger partial charge in [0.15, 0.2) is 5.78 Å². The van der Waals surface area contributed by atoms with Gasteiger partial charge in [0.25, 0.3) is 0 Å². The van der Waals surface area contributed by atoms with Crippen LogP contribution in [0.5, 0.6) is 0 Å². The fourth-order valence-electron chi connectivity index (χ4n) is 1.87. The summed E-state index contributed by atoms with van der Waals surface area (Å²) in [6.07, 6.45) is 0. The van der Waals surface area contributed by atoms with Gasteiger partial charge in [0.2, 0.25) is 0 Å². The standard InChI is InChI=1S/C17H19NOS/c1-18-11-12-20-13-14-7-9-16(10-8-14)17(19)15-5-3-2-4-6-15/h2-10,18H,11-13H2,1H3. The van der Waals surface area contributed by atoms with Gasteiger partial charge >= 0.3 is 0 Å². The lowest BCUT2D eigenvalue weighted by atomic mass is 10.0. The molecule has 0 saturated heterocycles. The Labute approximate surface area is 124 Å². The second kappa shape index (κ2) is 7.88. The molecule has 0 bridgehead atoms. The molecule has 2 aromatic carbocycles. The molecule has 0 aliphatic carbocycles. The molecule has 2 nitrogen and oxygen atoms in total. The van der Waals surface area contributed by atoms with Crippen molar-refractivity contribution >= 4 is 17.5 Å². The lowest BCUT2D eigenvalue weighted by Gasteiger charge is -2.04. The van der Waals surface area contributed by atoms with Gasteiger partial charge in [0, 0.05) is 29.2 Å². The van der Waals surface area contributed by atoms with Gasteiger partial charge in [-0.2, -0.15) is 11.8 Å². The minimum Gasteiger partial charge on any atom is -0.319 e. The molecule has 0 amide bonds. The molecule has 3 heteroatoms. The van der Waals surface area contributed by atoms with Gasteiger partial charge in [-0.25, -0.2) is 0 Å². The van der Waals surface area contributed by atoms with Crippen molar-refractivity contribution < 1.29 is 4.79 Å². The van der Waals surface area contributed by atoms with Crippen LogP contribution in [0.25, 0.3) is 0 Å². The first kappa shape index (κ1) is 14.8. The van der Waals surface area contributed by atoms with E-state index in [-0.39, 0.29) is 5.78 Å². The van der Waals surface area contributed by atoms with Gasteiger partial charge in [-0.15, -0.1) is 0 Å². The van der Waals surface area contributed by atoms with Crippen molar-refractivity contribution in [3.63, 3.8) is 0 Å². The molecule has 1 N–H and O–H groups in total. The summed E-state index contributed by atoms with van der Waals surface area (Å²) in [6, 6.07) is 17.3. The largest absolute Gasteiger partial charge is 0.319 e. The number of nitrogens with one attached hydrogen (secondary N) is 1. The SMILES string of the molecule is CNCCSCc1ccc(C(=O)c2ccccc2)cc1. The molecule has 0 aliphatic heterocycles. The predicted octanol–water partition coefficient (Wildman–Crippen LogP) is 3.37. The van der Waals surface area contributed by atoms with Crippen molar-refractivity contribution in [2.75, 3.05) is 19.3 Å². The Kier molecular flexibility index (Phi) is 5.84. The highest BCUT2D eigenvalue weighted by Gasteiger charge is 2.07. The zero-order valence-electron chi connectivity index (χ0n) is 11.6. The lowest BCUT2D eigenvalue weighted by Crippen LogP contribution is -2.09. The fraction of sp³-hybridized carbons (Fsp3) is 0.235. The molecule has 0 atom stereocenters. The molecule has 0 heterocycles. The average molecular weight is 285 g/mol. The molecular weight excluding hydrogens is 266 g/mol. The number of ketones is 1. The highest BCUT2D eigenvalue weighted by Crippen LogP contribution is 2.15. The summed E-state index contributed by atoms with van der Waals surface area (Å²) >= 11 is 1.89. The summed E-state index contributed by atoms with van der Waals surface area (Å²) < 4.78 is 0. The number of thioether (sulfide) groups is 1. The van der Waals surface area contributed by atoms with E-state index in [0.29, 0.717) is 0 Å². The Balaban J connectivity index is 1.96. The van der Waals surface area contributed by atoms with Gasteiger partial charge in [0.1, 0.15) is 0 Å². The molecule has 0 saturated carbocycles. The summed E-state index contributed by atoms with van der Waals surface area (Å²) in [6.45, 7) is 1.02. The normalized spacial score (nSPS) is 10.4. The van der Waals surface area contributed by atoms with Crippen LogP contribution in [-0.4, -0.2) is 25.1 Å². The molecular formula is C17H19NOS. The van der Waals surface area contributed by atoms with Gasteiger partial charge in [-0.05, 0) is 12.6 Å². The first-order valence-corrected chi connectivity index (χ1v) is 7.88. The van der Waals surface area contributed by atoms with Crippen LogP contribution in [-0.2, 0) is 5.75 Å². The van der Waals surface area contributed by atoms with Crippen LogP contribution in [0.1, 0.15) is 21.5 Å². The number of carbonyl (C=O) groups is 1. The number of hydrogen-bond acceptors (Lipinski definition) is 3. The van der Waals surface area contributed by atoms with E-state index in [1.165, 1.54) is 5.56 Å². The van der Waals surface area contributed by atoms with E-state index in [2.05, 4.69) is 5.32 Å². The number of benzene rings is 2. The second-order valence-electron chi connectivity index (χ2n) is 4.55. The molecule has 2 aromatic rings. The summed E-state index contributed by atoms with van der Waals surface area (Å²) in [7, 11) is 1.96. The molecule has 0 unspecified atom stereocenters. The smallest absolute Gasteiger partial charge is 0.193 e. The predicted molar refractivity (Wildman–Crippen MR) is 86.4 cm³/mol. The summed E-state index contributed by atoms with van der Waals surface area (Å²) in [5.41, 5.74) is 2.75. The monoisotopic (exact) mass is 285 g/mol. The van der Waals surface area contributed by atoms with E-state index in [4.69, 9.17) is 0 Å². The Morgan fingerprint density at radius 2 is 1.65 bits per heavy atom. The number of rotatable bonds is 7. The third kappa shape index (κ3) is 4.22. The fourth-order valence-corrected chi connectivity index (χ4v) is 2.79. The van der Waals surface area contributed by atoms with Crippen LogP contribution >= 0.6 is 11.8 Å². The van der Waals surface area contributed by atoms with Crippen molar-refractivity contribution in [1.29, 1.82) is 0 Å². The van der Waals surface area contributed by atoms with E-state index in [0.717, 1.165) is 29.2 Å². The zero-order valence-corrected chi connectivity index (χ0v) is 12.5. The molecule has 20 heavy (non-hydrogen) atoms. The molecule has 0 spiro atoms. The minimum absolute atomic E-state index is 0.0833. The van der Waals surface area contributed by atoms with Crippen LogP contribution in [0, 0.1) is 0 Å². The van der Waals surface area contributed by atoms with Crippen molar-refractivity contribution in [3.8, 4) is 0 Å². The van der Waals surface area contributed by atoms with Crippen LogP contribution < -0.4 is 5.32 Å². The van der Waals surface area contributed by atoms with E-state index < -0.39 is 0 Å². The van der Waals surface area contributed by atoms with Crippen LogP contribution in [0.3, 0.4) is 0 Å². The maximum Gasteiger partial charge on any atom is 0.193 e. The molecule has 2 rings (SSSR count). The van der Waals surface area contributed by atoms with Crippen LogP contribution in [0.4, 0.5) is 0 Å². The molecule has 104 valence electrons. The van der Waals surface area contributed by atoms with Gasteiger partial charge in [-0.3, -0.25) is 4.79 Å². The highest BCUT2D eigenvalue weighted by molar-refractivity contribution is 7.98. The van der Waals surface area contributed by atoms with Crippen molar-refractivity contribution in [1.82, 2.24) is 5.32 Å². The number of carbonyl (C=O) groups excluding carboxylic acids is 1. The minimum atomic E-state index is 0.0833. The topological polar surface area (TPSA) is 29.1 Å². The lowest BCUT2D eigenvalue weighted by molar-refractivity contribution is 0.103. The third-order valence-electron chi connectivity index (χ3n) is 3.02. The van der Waals surface area contributed by atoms with Gasteiger partial charge in [0.05, 0.1) is 0 Å². The zero-order chi connectivity index (χ0) is 14.2. The molecule has 0 aromatic heterocycles. The van der Waals surface area contributed by atoms with E-state index in [9.17, 15) is 4.79 Å². The second-order valence-corrected chi connectivity index (χ2v) is 5.65. The molecule has 0 aliphatic rings. The Hall–Kier alpha value is -1.58. The van der Waals surface area contributed by atoms with Gasteiger partial charge in [-0.1, -0.05) is 54.6 Å². The molecule has 0 radical (unpaired) electrons.